The maximum absolute atomic E-state index is 13.0. The van der Waals surface area contributed by atoms with Crippen LogP contribution in [0.4, 0.5) is 4.39 Å². The summed E-state index contributed by atoms with van der Waals surface area (Å²) in [5.41, 5.74) is 0.571. The van der Waals surface area contributed by atoms with Crippen LogP contribution in [0.1, 0.15) is 18.4 Å². The fraction of sp³-hybridized carbons (Fsp3) is 0.385. The quantitative estimate of drug-likeness (QED) is 0.581. The first-order chi connectivity index (χ1) is 7.79. The molecule has 1 aliphatic rings. The summed E-state index contributed by atoms with van der Waals surface area (Å²) >= 11 is 5.47. The average Bonchev–Trinajstić information content (AvgIpc) is 3.09. The molecule has 0 amide bonds. The van der Waals surface area contributed by atoms with Crippen molar-refractivity contribution >= 4 is 11.6 Å². The van der Waals surface area contributed by atoms with Gasteiger partial charge in [-0.3, -0.25) is 0 Å². The lowest BCUT2D eigenvalue weighted by molar-refractivity contribution is 0.298. The zero-order chi connectivity index (χ0) is 11.4. The molecule has 0 spiro atoms. The molecule has 0 atom stereocenters. The molecule has 0 heterocycles. The van der Waals surface area contributed by atoms with Crippen LogP contribution >= 0.6 is 11.6 Å². The third-order valence-electron chi connectivity index (χ3n) is 2.40. The van der Waals surface area contributed by atoms with Gasteiger partial charge in [-0.25, -0.2) is 4.39 Å². The first-order valence-electron chi connectivity index (χ1n) is 5.27. The van der Waals surface area contributed by atoms with Crippen LogP contribution in [0.15, 0.2) is 18.2 Å². The van der Waals surface area contributed by atoms with Gasteiger partial charge < -0.3 is 4.74 Å². The van der Waals surface area contributed by atoms with Gasteiger partial charge in [0.2, 0.25) is 0 Å². The molecular formula is C13H12ClFO. The molecule has 0 unspecified atom stereocenters. The Kier molecular flexibility index (Phi) is 3.69. The molecule has 0 aromatic heterocycles. The monoisotopic (exact) mass is 238 g/mol. The molecule has 1 nitrogen and oxygen atoms in total. The predicted octanol–water partition coefficient (Wildman–Crippen LogP) is 3.20. The topological polar surface area (TPSA) is 9.23 Å². The smallest absolute Gasteiger partial charge is 0.135 e. The summed E-state index contributed by atoms with van der Waals surface area (Å²) in [6.07, 6.45) is 2.45. The van der Waals surface area contributed by atoms with Crippen molar-refractivity contribution in [1.82, 2.24) is 0 Å². The molecular weight excluding hydrogens is 227 g/mol. The normalized spacial score (nSPS) is 14.1. The Morgan fingerprint density at radius 1 is 1.44 bits per heavy atom. The minimum absolute atomic E-state index is 0.235. The van der Waals surface area contributed by atoms with E-state index in [2.05, 4.69) is 11.8 Å². The third kappa shape index (κ3) is 3.15. The standard InChI is InChI=1S/C13H12ClFO/c14-7-1-2-11-8-12(15)5-6-13(11)16-9-10-3-4-10/h5-6,8,10H,3-4,7,9H2. The molecule has 0 aliphatic heterocycles. The van der Waals surface area contributed by atoms with E-state index in [-0.39, 0.29) is 11.7 Å². The van der Waals surface area contributed by atoms with Crippen molar-refractivity contribution in [2.45, 2.75) is 12.8 Å². The number of ether oxygens (including phenoxy) is 1. The molecule has 0 saturated heterocycles. The lowest BCUT2D eigenvalue weighted by Crippen LogP contribution is -2.00. The van der Waals surface area contributed by atoms with Crippen molar-refractivity contribution in [3.05, 3.63) is 29.6 Å². The molecule has 1 fully saturated rings. The first kappa shape index (κ1) is 11.3. The van der Waals surface area contributed by atoms with Crippen LogP contribution in [0.25, 0.3) is 0 Å². The molecule has 1 aliphatic carbocycles. The number of halogens is 2. The van der Waals surface area contributed by atoms with Gasteiger partial charge in [-0.2, -0.15) is 0 Å². The highest BCUT2D eigenvalue weighted by Gasteiger charge is 2.22. The number of alkyl halides is 1. The molecule has 16 heavy (non-hydrogen) atoms. The first-order valence-corrected chi connectivity index (χ1v) is 5.80. The fourth-order valence-corrected chi connectivity index (χ4v) is 1.41. The van der Waals surface area contributed by atoms with Crippen LogP contribution in [0.3, 0.4) is 0 Å². The largest absolute Gasteiger partial charge is 0.492 e. The van der Waals surface area contributed by atoms with E-state index in [0.29, 0.717) is 23.8 Å². The SMILES string of the molecule is Fc1ccc(OCC2CC2)c(C#CCCl)c1. The molecule has 3 heteroatoms. The second-order valence-electron chi connectivity index (χ2n) is 3.83. The molecule has 1 aromatic rings. The minimum atomic E-state index is -0.308. The van der Waals surface area contributed by atoms with Crippen LogP contribution in [-0.4, -0.2) is 12.5 Å². The maximum atomic E-state index is 13.0. The summed E-state index contributed by atoms with van der Waals surface area (Å²) in [6, 6.07) is 4.38. The Morgan fingerprint density at radius 3 is 2.94 bits per heavy atom. The Morgan fingerprint density at radius 2 is 2.25 bits per heavy atom. The number of rotatable bonds is 3. The van der Waals surface area contributed by atoms with E-state index in [9.17, 15) is 4.39 Å². The molecule has 0 N–H and O–H groups in total. The van der Waals surface area contributed by atoms with Crippen LogP contribution in [0, 0.1) is 23.6 Å². The molecule has 1 aromatic carbocycles. The van der Waals surface area contributed by atoms with Crippen molar-refractivity contribution in [1.29, 1.82) is 0 Å². The Labute approximate surface area is 99.6 Å². The van der Waals surface area contributed by atoms with E-state index in [4.69, 9.17) is 16.3 Å². The van der Waals surface area contributed by atoms with Crippen molar-refractivity contribution in [3.8, 4) is 17.6 Å². The second kappa shape index (κ2) is 5.23. The van der Waals surface area contributed by atoms with E-state index in [0.717, 1.165) is 0 Å². The van der Waals surface area contributed by atoms with Gasteiger partial charge in [0.15, 0.2) is 0 Å². The van der Waals surface area contributed by atoms with E-state index < -0.39 is 0 Å². The molecule has 84 valence electrons. The summed E-state index contributed by atoms with van der Waals surface area (Å²) in [6.45, 7) is 0.696. The van der Waals surface area contributed by atoms with Crippen LogP contribution in [0.5, 0.6) is 5.75 Å². The fourth-order valence-electron chi connectivity index (χ4n) is 1.35. The van der Waals surface area contributed by atoms with E-state index >= 15 is 0 Å². The van der Waals surface area contributed by atoms with Gasteiger partial charge in [-0.15, -0.1) is 11.6 Å². The van der Waals surface area contributed by atoms with Crippen LogP contribution < -0.4 is 4.74 Å². The van der Waals surface area contributed by atoms with Gasteiger partial charge in [0, 0.05) is 0 Å². The van der Waals surface area contributed by atoms with Gasteiger partial charge in [0.1, 0.15) is 11.6 Å². The number of benzene rings is 1. The highest BCUT2D eigenvalue weighted by atomic mass is 35.5. The highest BCUT2D eigenvalue weighted by Crippen LogP contribution is 2.30. The summed E-state index contributed by atoms with van der Waals surface area (Å²) in [7, 11) is 0. The Hall–Kier alpha value is -1.20. The number of hydrogen-bond donors (Lipinski definition) is 0. The summed E-state index contributed by atoms with van der Waals surface area (Å²) in [5.74, 6) is 6.74. The third-order valence-corrected chi connectivity index (χ3v) is 2.54. The Bertz CT molecular complexity index is 429. The van der Waals surface area contributed by atoms with Gasteiger partial charge >= 0.3 is 0 Å². The highest BCUT2D eigenvalue weighted by molar-refractivity contribution is 6.19. The van der Waals surface area contributed by atoms with E-state index in [1.807, 2.05) is 0 Å². The van der Waals surface area contributed by atoms with Crippen molar-refractivity contribution in [2.75, 3.05) is 12.5 Å². The van der Waals surface area contributed by atoms with Gasteiger partial charge in [0.05, 0.1) is 18.1 Å². The molecule has 2 rings (SSSR count). The van der Waals surface area contributed by atoms with Crippen LogP contribution in [-0.2, 0) is 0 Å². The van der Waals surface area contributed by atoms with Crippen LogP contribution in [0.2, 0.25) is 0 Å². The van der Waals surface area contributed by atoms with Crippen molar-refractivity contribution in [2.24, 2.45) is 5.92 Å². The second-order valence-corrected chi connectivity index (χ2v) is 4.10. The summed E-state index contributed by atoms with van der Waals surface area (Å²) in [5, 5.41) is 0. The van der Waals surface area contributed by atoms with E-state index in [1.54, 1.807) is 6.07 Å². The van der Waals surface area contributed by atoms with Crippen molar-refractivity contribution in [3.63, 3.8) is 0 Å². The molecule has 0 radical (unpaired) electrons. The zero-order valence-electron chi connectivity index (χ0n) is 8.80. The summed E-state index contributed by atoms with van der Waals surface area (Å²) < 4.78 is 18.6. The lowest BCUT2D eigenvalue weighted by Gasteiger charge is -2.07. The van der Waals surface area contributed by atoms with Gasteiger partial charge in [-0.1, -0.05) is 11.8 Å². The lowest BCUT2D eigenvalue weighted by atomic mass is 10.2. The number of hydrogen-bond acceptors (Lipinski definition) is 1. The maximum Gasteiger partial charge on any atom is 0.135 e. The predicted molar refractivity (Wildman–Crippen MR) is 62.2 cm³/mol. The minimum Gasteiger partial charge on any atom is -0.492 e. The van der Waals surface area contributed by atoms with Gasteiger partial charge in [-0.05, 0) is 37.0 Å². The van der Waals surface area contributed by atoms with Crippen molar-refractivity contribution < 1.29 is 9.13 Å². The molecule has 1 saturated carbocycles. The van der Waals surface area contributed by atoms with Gasteiger partial charge in [0.25, 0.3) is 0 Å². The van der Waals surface area contributed by atoms with E-state index in [1.165, 1.54) is 25.0 Å². The Balaban J connectivity index is 2.13. The zero-order valence-corrected chi connectivity index (χ0v) is 9.56. The summed E-state index contributed by atoms with van der Waals surface area (Å²) in [4.78, 5) is 0. The average molecular weight is 239 g/mol. The molecule has 0 bridgehead atoms.